The summed E-state index contributed by atoms with van der Waals surface area (Å²) in [5.41, 5.74) is 2.06. The zero-order chi connectivity index (χ0) is 13.5. The van der Waals surface area contributed by atoms with Crippen LogP contribution in [0.3, 0.4) is 0 Å². The number of hydrogen-bond acceptors (Lipinski definition) is 3. The zero-order valence-corrected chi connectivity index (χ0v) is 12.4. The number of imidazole rings is 1. The van der Waals surface area contributed by atoms with Gasteiger partial charge in [0.25, 0.3) is 0 Å². The fraction of sp³-hybridized carbons (Fsp3) is 0.375. The molecule has 4 heteroatoms. The highest BCUT2D eigenvalue weighted by atomic mass is 32.1. The molecule has 0 unspecified atom stereocenters. The highest BCUT2D eigenvalue weighted by Crippen LogP contribution is 2.37. The molecule has 1 aliphatic rings. The summed E-state index contributed by atoms with van der Waals surface area (Å²) in [6.45, 7) is 2.15. The first-order valence-electron chi connectivity index (χ1n) is 7.23. The van der Waals surface area contributed by atoms with Crippen molar-refractivity contribution in [2.24, 2.45) is 0 Å². The summed E-state index contributed by atoms with van der Waals surface area (Å²) in [6.07, 6.45) is 7.01. The average Bonchev–Trinajstić information content (AvgIpc) is 3.15. The number of rotatable bonds is 2. The number of fused-ring (bicyclic) bond motifs is 1. The Morgan fingerprint density at radius 3 is 2.80 bits per heavy atom. The molecule has 0 radical (unpaired) electrons. The van der Waals surface area contributed by atoms with Crippen LogP contribution in [0, 0.1) is 6.92 Å². The van der Waals surface area contributed by atoms with Gasteiger partial charge in [0.2, 0.25) is 0 Å². The highest BCUT2D eigenvalue weighted by molar-refractivity contribution is 7.15. The first-order valence-corrected chi connectivity index (χ1v) is 8.04. The molecule has 3 aromatic heterocycles. The molecule has 20 heavy (non-hydrogen) atoms. The van der Waals surface area contributed by atoms with Gasteiger partial charge in [-0.05, 0) is 44.0 Å². The molecule has 3 nitrogen and oxygen atoms in total. The predicted octanol–water partition coefficient (Wildman–Crippen LogP) is 4.58. The lowest BCUT2D eigenvalue weighted by molar-refractivity contribution is 0.535. The minimum atomic E-state index is 0.562. The maximum absolute atomic E-state index is 4.85. The third kappa shape index (κ3) is 1.86. The molecule has 0 aromatic carbocycles. The summed E-state index contributed by atoms with van der Waals surface area (Å²) in [4.78, 5) is 12.0. The van der Waals surface area contributed by atoms with E-state index in [1.807, 2.05) is 23.6 Å². The van der Waals surface area contributed by atoms with E-state index in [1.54, 1.807) is 0 Å². The van der Waals surface area contributed by atoms with Crippen molar-refractivity contribution < 1.29 is 0 Å². The van der Waals surface area contributed by atoms with Crippen LogP contribution < -0.4 is 0 Å². The van der Waals surface area contributed by atoms with Crippen LogP contribution in [0.25, 0.3) is 21.9 Å². The molecule has 3 heterocycles. The minimum absolute atomic E-state index is 0.562. The SMILES string of the molecule is Cc1ccc(-c2nc3cccnc3n2C2CCCC2)s1. The van der Waals surface area contributed by atoms with Crippen LogP contribution in [-0.2, 0) is 0 Å². The lowest BCUT2D eigenvalue weighted by Gasteiger charge is -2.14. The monoisotopic (exact) mass is 283 g/mol. The summed E-state index contributed by atoms with van der Waals surface area (Å²) >= 11 is 1.82. The van der Waals surface area contributed by atoms with E-state index >= 15 is 0 Å². The second kappa shape index (κ2) is 4.70. The molecule has 4 rings (SSSR count). The Labute approximate surface area is 122 Å². The Morgan fingerprint density at radius 1 is 1.20 bits per heavy atom. The summed E-state index contributed by atoms with van der Waals surface area (Å²) < 4.78 is 2.38. The molecule has 0 saturated heterocycles. The number of aryl methyl sites for hydroxylation is 1. The van der Waals surface area contributed by atoms with E-state index in [2.05, 4.69) is 34.7 Å². The molecule has 0 N–H and O–H groups in total. The van der Waals surface area contributed by atoms with Gasteiger partial charge in [0.15, 0.2) is 11.5 Å². The summed E-state index contributed by atoms with van der Waals surface area (Å²) in [5, 5.41) is 0. The smallest absolute Gasteiger partial charge is 0.160 e. The van der Waals surface area contributed by atoms with Crippen LogP contribution in [0.4, 0.5) is 0 Å². The Morgan fingerprint density at radius 2 is 2.05 bits per heavy atom. The van der Waals surface area contributed by atoms with Gasteiger partial charge in [0.1, 0.15) is 5.52 Å². The number of nitrogens with zero attached hydrogens (tertiary/aromatic N) is 3. The third-order valence-electron chi connectivity index (χ3n) is 4.10. The van der Waals surface area contributed by atoms with Crippen molar-refractivity contribution in [2.75, 3.05) is 0 Å². The standard InChI is InChI=1S/C16H17N3S/c1-11-8-9-14(20-11)16-18-13-7-4-10-17-15(13)19(16)12-5-2-3-6-12/h4,7-10,12H,2-3,5-6H2,1H3. The maximum Gasteiger partial charge on any atom is 0.160 e. The van der Waals surface area contributed by atoms with Gasteiger partial charge in [-0.1, -0.05) is 12.8 Å². The fourth-order valence-corrected chi connectivity index (χ4v) is 4.02. The van der Waals surface area contributed by atoms with Crippen molar-refractivity contribution >= 4 is 22.5 Å². The average molecular weight is 283 g/mol. The molecular formula is C16H17N3S. The van der Waals surface area contributed by atoms with E-state index in [1.165, 1.54) is 35.4 Å². The van der Waals surface area contributed by atoms with E-state index in [9.17, 15) is 0 Å². The number of pyridine rings is 1. The van der Waals surface area contributed by atoms with Crippen LogP contribution in [0.2, 0.25) is 0 Å². The molecule has 0 aliphatic heterocycles. The first kappa shape index (κ1) is 12.1. The van der Waals surface area contributed by atoms with Gasteiger partial charge in [0.05, 0.1) is 4.88 Å². The van der Waals surface area contributed by atoms with Crippen molar-refractivity contribution in [1.29, 1.82) is 0 Å². The van der Waals surface area contributed by atoms with E-state index in [0.717, 1.165) is 17.0 Å². The van der Waals surface area contributed by atoms with Gasteiger partial charge in [-0.25, -0.2) is 9.97 Å². The zero-order valence-electron chi connectivity index (χ0n) is 11.5. The van der Waals surface area contributed by atoms with E-state index in [4.69, 9.17) is 4.98 Å². The quantitative estimate of drug-likeness (QED) is 0.689. The lowest BCUT2D eigenvalue weighted by Crippen LogP contribution is -2.06. The fourth-order valence-electron chi connectivity index (χ4n) is 3.17. The van der Waals surface area contributed by atoms with Gasteiger partial charge in [0, 0.05) is 17.1 Å². The predicted molar refractivity (Wildman–Crippen MR) is 83.1 cm³/mol. The Bertz CT molecular complexity index is 750. The first-order chi connectivity index (χ1) is 9.83. The number of hydrogen-bond donors (Lipinski definition) is 0. The second-order valence-corrected chi connectivity index (χ2v) is 6.79. The van der Waals surface area contributed by atoms with Crippen LogP contribution >= 0.6 is 11.3 Å². The Kier molecular flexibility index (Phi) is 2.84. The molecule has 1 aliphatic carbocycles. The molecule has 0 amide bonds. The molecular weight excluding hydrogens is 266 g/mol. The minimum Gasteiger partial charge on any atom is -0.305 e. The van der Waals surface area contributed by atoms with Crippen molar-refractivity contribution in [3.8, 4) is 10.7 Å². The lowest BCUT2D eigenvalue weighted by atomic mass is 10.2. The van der Waals surface area contributed by atoms with Crippen LogP contribution in [0.1, 0.15) is 36.6 Å². The molecule has 0 bridgehead atoms. The molecule has 1 fully saturated rings. The molecule has 3 aromatic rings. The summed E-state index contributed by atoms with van der Waals surface area (Å²) in [7, 11) is 0. The highest BCUT2D eigenvalue weighted by Gasteiger charge is 2.24. The molecule has 0 atom stereocenters. The van der Waals surface area contributed by atoms with E-state index in [0.29, 0.717) is 6.04 Å². The molecule has 1 saturated carbocycles. The Balaban J connectivity index is 1.96. The summed E-state index contributed by atoms with van der Waals surface area (Å²) in [6, 6.07) is 8.96. The summed E-state index contributed by atoms with van der Waals surface area (Å²) in [5.74, 6) is 1.10. The second-order valence-electron chi connectivity index (χ2n) is 5.50. The van der Waals surface area contributed by atoms with Crippen molar-refractivity contribution in [1.82, 2.24) is 14.5 Å². The number of aromatic nitrogens is 3. The largest absolute Gasteiger partial charge is 0.305 e. The molecule has 102 valence electrons. The van der Waals surface area contributed by atoms with E-state index < -0.39 is 0 Å². The van der Waals surface area contributed by atoms with Crippen molar-refractivity contribution in [3.05, 3.63) is 35.3 Å². The van der Waals surface area contributed by atoms with Gasteiger partial charge in [-0.2, -0.15) is 0 Å². The van der Waals surface area contributed by atoms with Crippen molar-refractivity contribution in [2.45, 2.75) is 38.6 Å². The van der Waals surface area contributed by atoms with E-state index in [-0.39, 0.29) is 0 Å². The van der Waals surface area contributed by atoms with Crippen LogP contribution in [-0.4, -0.2) is 14.5 Å². The van der Waals surface area contributed by atoms with Gasteiger partial charge in [-0.15, -0.1) is 11.3 Å². The van der Waals surface area contributed by atoms with Gasteiger partial charge >= 0.3 is 0 Å². The Hall–Kier alpha value is -1.68. The number of thiophene rings is 1. The normalized spacial score (nSPS) is 16.2. The maximum atomic E-state index is 4.85. The van der Waals surface area contributed by atoms with Crippen molar-refractivity contribution in [3.63, 3.8) is 0 Å². The topological polar surface area (TPSA) is 30.7 Å². The molecule has 0 spiro atoms. The van der Waals surface area contributed by atoms with Crippen LogP contribution in [0.5, 0.6) is 0 Å². The third-order valence-corrected chi connectivity index (χ3v) is 5.10. The van der Waals surface area contributed by atoms with Crippen LogP contribution in [0.15, 0.2) is 30.5 Å². The van der Waals surface area contributed by atoms with Gasteiger partial charge < -0.3 is 4.57 Å². The van der Waals surface area contributed by atoms with Gasteiger partial charge in [-0.3, -0.25) is 0 Å².